The van der Waals surface area contributed by atoms with Crippen molar-refractivity contribution in [1.29, 1.82) is 0 Å². The van der Waals surface area contributed by atoms with E-state index in [0.29, 0.717) is 0 Å². The first-order valence-corrected chi connectivity index (χ1v) is 4.57. The van der Waals surface area contributed by atoms with Crippen LogP contribution in [0.1, 0.15) is 17.2 Å². The Morgan fingerprint density at radius 2 is 1.67 bits per heavy atom. The van der Waals surface area contributed by atoms with Crippen LogP contribution in [0, 0.1) is 0 Å². The summed E-state index contributed by atoms with van der Waals surface area (Å²) in [5.41, 5.74) is -2.26. The molecule has 0 bridgehead atoms. The van der Waals surface area contributed by atoms with Crippen molar-refractivity contribution in [1.82, 2.24) is 0 Å². The molecule has 0 heterocycles. The topological polar surface area (TPSA) is 29.5 Å². The number of hydrogen-bond donors (Lipinski definition) is 1. The summed E-state index contributed by atoms with van der Waals surface area (Å²) < 4.78 is 78.6. The van der Waals surface area contributed by atoms with E-state index in [2.05, 4.69) is 4.74 Å². The Hall–Kier alpha value is -1.44. The minimum Gasteiger partial charge on any atom is -0.496 e. The molecule has 0 saturated heterocycles. The fourth-order valence-corrected chi connectivity index (χ4v) is 1.31. The maximum Gasteiger partial charge on any atom is 0.419 e. The van der Waals surface area contributed by atoms with Crippen molar-refractivity contribution in [3.8, 4) is 5.75 Å². The van der Waals surface area contributed by atoms with Gasteiger partial charge in [0.05, 0.1) is 12.7 Å². The maximum atomic E-state index is 12.5. The molecule has 0 aromatic heterocycles. The van der Waals surface area contributed by atoms with Gasteiger partial charge in [-0.25, -0.2) is 0 Å². The highest BCUT2D eigenvalue weighted by Crippen LogP contribution is 2.40. The van der Waals surface area contributed by atoms with Gasteiger partial charge in [0.1, 0.15) is 5.75 Å². The Morgan fingerprint density at radius 1 is 1.11 bits per heavy atom. The number of rotatable bonds is 2. The van der Waals surface area contributed by atoms with Gasteiger partial charge in [-0.1, -0.05) is 6.07 Å². The monoisotopic (exact) mass is 274 g/mol. The standard InChI is InChI=1S/C10H8F6O2/c1-18-7-3-2-5(8(17)10(14,15)16)4-6(7)9(11,12)13/h2-4,8,17H,1H3/t8-/m0/s1. The van der Waals surface area contributed by atoms with Gasteiger partial charge in [-0.15, -0.1) is 0 Å². The Kier molecular flexibility index (Phi) is 3.80. The predicted molar refractivity (Wildman–Crippen MR) is 49.0 cm³/mol. The number of hydrogen-bond acceptors (Lipinski definition) is 2. The van der Waals surface area contributed by atoms with Crippen molar-refractivity contribution in [2.24, 2.45) is 0 Å². The van der Waals surface area contributed by atoms with Crippen LogP contribution in [0.15, 0.2) is 18.2 Å². The molecule has 0 aliphatic carbocycles. The van der Waals surface area contributed by atoms with Gasteiger partial charge in [-0.05, 0) is 17.7 Å². The normalized spacial score (nSPS) is 14.4. The molecule has 0 fully saturated rings. The van der Waals surface area contributed by atoms with Gasteiger partial charge in [0, 0.05) is 0 Å². The van der Waals surface area contributed by atoms with Crippen molar-refractivity contribution in [2.45, 2.75) is 18.5 Å². The van der Waals surface area contributed by atoms with Crippen LogP contribution >= 0.6 is 0 Å². The molecule has 2 nitrogen and oxygen atoms in total. The van der Waals surface area contributed by atoms with Crippen LogP contribution in [0.3, 0.4) is 0 Å². The molecule has 0 aliphatic rings. The Morgan fingerprint density at radius 3 is 2.06 bits per heavy atom. The lowest BCUT2D eigenvalue weighted by Gasteiger charge is -2.18. The first kappa shape index (κ1) is 14.6. The summed E-state index contributed by atoms with van der Waals surface area (Å²) in [5.74, 6) is -0.611. The molecule has 1 rings (SSSR count). The Balaban J connectivity index is 3.28. The fraction of sp³-hybridized carbons (Fsp3) is 0.400. The van der Waals surface area contributed by atoms with Crippen molar-refractivity contribution >= 4 is 0 Å². The molecule has 0 amide bonds. The summed E-state index contributed by atoms with van der Waals surface area (Å²) in [5, 5.41) is 8.88. The zero-order valence-electron chi connectivity index (χ0n) is 8.93. The van der Waals surface area contributed by atoms with Crippen molar-refractivity contribution in [3.05, 3.63) is 29.3 Å². The lowest BCUT2D eigenvalue weighted by molar-refractivity contribution is -0.207. The second kappa shape index (κ2) is 4.68. The van der Waals surface area contributed by atoms with E-state index in [0.717, 1.165) is 19.2 Å². The highest BCUT2D eigenvalue weighted by molar-refractivity contribution is 5.40. The molecule has 1 aromatic carbocycles. The molecule has 0 aliphatic heterocycles. The summed E-state index contributed by atoms with van der Waals surface area (Å²) in [6, 6.07) is 1.68. The van der Waals surface area contributed by atoms with E-state index >= 15 is 0 Å². The Labute approximate surface area is 97.8 Å². The molecule has 1 N–H and O–H groups in total. The number of benzene rings is 1. The lowest BCUT2D eigenvalue weighted by Crippen LogP contribution is -2.21. The van der Waals surface area contributed by atoms with E-state index in [9.17, 15) is 26.3 Å². The van der Waals surface area contributed by atoms with Gasteiger partial charge >= 0.3 is 12.4 Å². The van der Waals surface area contributed by atoms with Crippen molar-refractivity contribution < 1.29 is 36.2 Å². The SMILES string of the molecule is COc1ccc([C@H](O)C(F)(F)F)cc1C(F)(F)F. The van der Waals surface area contributed by atoms with Crippen LogP contribution < -0.4 is 4.74 Å². The first-order valence-electron chi connectivity index (χ1n) is 4.57. The van der Waals surface area contributed by atoms with Crippen LogP contribution in [0.2, 0.25) is 0 Å². The fourth-order valence-electron chi connectivity index (χ4n) is 1.31. The van der Waals surface area contributed by atoms with E-state index in [1.54, 1.807) is 0 Å². The van der Waals surface area contributed by atoms with E-state index < -0.39 is 35.3 Å². The quantitative estimate of drug-likeness (QED) is 0.838. The van der Waals surface area contributed by atoms with Crippen LogP contribution in [0.5, 0.6) is 5.75 Å². The van der Waals surface area contributed by atoms with Crippen molar-refractivity contribution in [3.63, 3.8) is 0 Å². The summed E-state index contributed by atoms with van der Waals surface area (Å²) >= 11 is 0. The molecule has 0 spiro atoms. The minimum atomic E-state index is -5.03. The van der Waals surface area contributed by atoms with Gasteiger partial charge in [-0.2, -0.15) is 26.3 Å². The minimum absolute atomic E-state index is 0.219. The number of ether oxygens (including phenoxy) is 1. The van der Waals surface area contributed by atoms with Crippen LogP contribution in [0.25, 0.3) is 0 Å². The summed E-state index contributed by atoms with van der Waals surface area (Å²) in [6.07, 6.45) is -12.9. The smallest absolute Gasteiger partial charge is 0.419 e. The number of halogens is 6. The van der Waals surface area contributed by atoms with E-state index in [1.807, 2.05) is 0 Å². The maximum absolute atomic E-state index is 12.5. The molecule has 1 atom stereocenters. The van der Waals surface area contributed by atoms with Crippen LogP contribution in [0.4, 0.5) is 26.3 Å². The number of aliphatic hydroxyl groups is 1. The number of methoxy groups -OCH3 is 1. The van der Waals surface area contributed by atoms with E-state index in [1.165, 1.54) is 0 Å². The zero-order chi connectivity index (χ0) is 14.1. The van der Waals surface area contributed by atoms with Gasteiger partial charge in [-0.3, -0.25) is 0 Å². The third-order valence-electron chi connectivity index (χ3n) is 2.15. The number of alkyl halides is 6. The molecule has 0 saturated carbocycles. The summed E-state index contributed by atoms with van der Waals surface area (Å²) in [7, 11) is 0.963. The van der Waals surface area contributed by atoms with Crippen molar-refractivity contribution in [2.75, 3.05) is 7.11 Å². The number of aliphatic hydroxyl groups excluding tert-OH is 1. The van der Waals surface area contributed by atoms with Crippen LogP contribution in [-0.4, -0.2) is 18.4 Å². The second-order valence-electron chi connectivity index (χ2n) is 3.40. The lowest BCUT2D eigenvalue weighted by atomic mass is 10.0. The Bertz CT molecular complexity index is 423. The summed E-state index contributed by atoms with van der Waals surface area (Å²) in [6.45, 7) is 0. The average Bonchev–Trinajstić information content (AvgIpc) is 2.24. The molecular formula is C10H8F6O2. The molecule has 102 valence electrons. The zero-order valence-corrected chi connectivity index (χ0v) is 8.93. The highest BCUT2D eigenvalue weighted by Gasteiger charge is 2.41. The van der Waals surface area contributed by atoms with Crippen LogP contribution in [-0.2, 0) is 6.18 Å². The highest BCUT2D eigenvalue weighted by atomic mass is 19.4. The predicted octanol–water partition coefficient (Wildman–Crippen LogP) is 3.31. The average molecular weight is 274 g/mol. The molecule has 0 radical (unpaired) electrons. The third-order valence-corrected chi connectivity index (χ3v) is 2.15. The van der Waals surface area contributed by atoms with Gasteiger partial charge < -0.3 is 9.84 Å². The molecule has 0 unspecified atom stereocenters. The molecule has 18 heavy (non-hydrogen) atoms. The second-order valence-corrected chi connectivity index (χ2v) is 3.40. The first-order chi connectivity index (χ1) is 8.07. The molecule has 8 heteroatoms. The molecule has 1 aromatic rings. The van der Waals surface area contributed by atoms with Gasteiger partial charge in [0.2, 0.25) is 0 Å². The van der Waals surface area contributed by atoms with Gasteiger partial charge in [0.25, 0.3) is 0 Å². The van der Waals surface area contributed by atoms with E-state index in [4.69, 9.17) is 5.11 Å². The summed E-state index contributed by atoms with van der Waals surface area (Å²) in [4.78, 5) is 0. The third kappa shape index (κ3) is 3.06. The molecular weight excluding hydrogens is 266 g/mol. The van der Waals surface area contributed by atoms with Gasteiger partial charge in [0.15, 0.2) is 6.10 Å². The van der Waals surface area contributed by atoms with E-state index in [-0.39, 0.29) is 6.07 Å². The largest absolute Gasteiger partial charge is 0.496 e.